The van der Waals surface area contributed by atoms with Crippen molar-refractivity contribution in [3.05, 3.63) is 59.2 Å². The van der Waals surface area contributed by atoms with Gasteiger partial charge in [0.05, 0.1) is 7.11 Å². The Morgan fingerprint density at radius 3 is 2.40 bits per heavy atom. The van der Waals surface area contributed by atoms with E-state index in [0.717, 1.165) is 22.6 Å². The fourth-order valence-electron chi connectivity index (χ4n) is 1.86. The summed E-state index contributed by atoms with van der Waals surface area (Å²) in [6.07, 6.45) is 0. The number of methoxy groups -OCH3 is 1. The average molecular weight is 270 g/mol. The largest absolute Gasteiger partial charge is 0.497 e. The van der Waals surface area contributed by atoms with E-state index in [1.54, 1.807) is 20.1 Å². The van der Waals surface area contributed by atoms with E-state index in [2.05, 4.69) is 0 Å². The Morgan fingerprint density at radius 1 is 1.10 bits per heavy atom. The van der Waals surface area contributed by atoms with Crippen molar-refractivity contribution in [2.75, 3.05) is 7.11 Å². The third-order valence-electron chi connectivity index (χ3n) is 3.15. The standard InChI is InChI=1S/C17H18O3/c1-12-4-7-15(13(2)18)10-17(12)20-11-14-5-8-16(19-3)9-6-14/h4-10H,11H2,1-3H3. The van der Waals surface area contributed by atoms with Gasteiger partial charge in [0, 0.05) is 5.56 Å². The summed E-state index contributed by atoms with van der Waals surface area (Å²) in [6, 6.07) is 13.2. The number of carbonyl (C=O) groups excluding carboxylic acids is 1. The van der Waals surface area contributed by atoms with E-state index in [1.807, 2.05) is 43.3 Å². The number of ketones is 1. The van der Waals surface area contributed by atoms with Crippen LogP contribution >= 0.6 is 0 Å². The number of aryl methyl sites for hydroxylation is 1. The monoisotopic (exact) mass is 270 g/mol. The molecule has 0 spiro atoms. The molecule has 2 aromatic carbocycles. The van der Waals surface area contributed by atoms with Gasteiger partial charge in [-0.2, -0.15) is 0 Å². The fraction of sp³-hybridized carbons (Fsp3) is 0.235. The molecule has 0 bridgehead atoms. The molecular weight excluding hydrogens is 252 g/mol. The highest BCUT2D eigenvalue weighted by Crippen LogP contribution is 2.21. The summed E-state index contributed by atoms with van der Waals surface area (Å²) < 4.78 is 10.9. The topological polar surface area (TPSA) is 35.5 Å². The summed E-state index contributed by atoms with van der Waals surface area (Å²) in [5, 5.41) is 0. The number of ether oxygens (including phenoxy) is 2. The Labute approximate surface area is 119 Å². The molecule has 0 fully saturated rings. The van der Waals surface area contributed by atoms with Crippen LogP contribution in [-0.2, 0) is 6.61 Å². The van der Waals surface area contributed by atoms with E-state index in [4.69, 9.17) is 9.47 Å². The highest BCUT2D eigenvalue weighted by molar-refractivity contribution is 5.94. The summed E-state index contributed by atoms with van der Waals surface area (Å²) >= 11 is 0. The first-order valence-electron chi connectivity index (χ1n) is 6.47. The lowest BCUT2D eigenvalue weighted by Crippen LogP contribution is -1.99. The highest BCUT2D eigenvalue weighted by atomic mass is 16.5. The van der Waals surface area contributed by atoms with Gasteiger partial charge in [0.2, 0.25) is 0 Å². The fourth-order valence-corrected chi connectivity index (χ4v) is 1.86. The molecule has 0 atom stereocenters. The molecule has 2 aromatic rings. The maximum absolute atomic E-state index is 11.4. The minimum absolute atomic E-state index is 0.0410. The van der Waals surface area contributed by atoms with Crippen LogP contribution in [0.3, 0.4) is 0 Å². The van der Waals surface area contributed by atoms with Gasteiger partial charge in [-0.3, -0.25) is 4.79 Å². The minimum atomic E-state index is 0.0410. The lowest BCUT2D eigenvalue weighted by Gasteiger charge is -2.10. The van der Waals surface area contributed by atoms with Crippen molar-refractivity contribution in [1.82, 2.24) is 0 Å². The van der Waals surface area contributed by atoms with Crippen molar-refractivity contribution >= 4 is 5.78 Å². The Bertz CT molecular complexity index is 600. The molecule has 0 amide bonds. The molecule has 0 saturated carbocycles. The first-order valence-corrected chi connectivity index (χ1v) is 6.47. The number of carbonyl (C=O) groups is 1. The second kappa shape index (κ2) is 6.24. The molecule has 3 nitrogen and oxygen atoms in total. The van der Waals surface area contributed by atoms with Gasteiger partial charge in [-0.05, 0) is 43.2 Å². The summed E-state index contributed by atoms with van der Waals surface area (Å²) in [7, 11) is 1.64. The predicted octanol–water partition coefficient (Wildman–Crippen LogP) is 3.79. The Morgan fingerprint density at radius 2 is 1.80 bits per heavy atom. The molecule has 0 heterocycles. The molecule has 3 heteroatoms. The SMILES string of the molecule is COc1ccc(COc2cc(C(C)=O)ccc2C)cc1. The molecule has 0 N–H and O–H groups in total. The second-order valence-corrected chi connectivity index (χ2v) is 4.67. The van der Waals surface area contributed by atoms with Crippen molar-refractivity contribution in [3.8, 4) is 11.5 Å². The van der Waals surface area contributed by atoms with Crippen LogP contribution in [0, 0.1) is 6.92 Å². The molecule has 0 aliphatic rings. The highest BCUT2D eigenvalue weighted by Gasteiger charge is 2.05. The van der Waals surface area contributed by atoms with E-state index in [1.165, 1.54) is 0 Å². The molecule has 0 unspecified atom stereocenters. The molecular formula is C17H18O3. The first kappa shape index (κ1) is 14.1. The van der Waals surface area contributed by atoms with E-state index < -0.39 is 0 Å². The summed E-state index contributed by atoms with van der Waals surface area (Å²) in [5.74, 6) is 1.61. The van der Waals surface area contributed by atoms with Crippen LogP contribution in [0.2, 0.25) is 0 Å². The van der Waals surface area contributed by atoms with Crippen LogP contribution in [0.4, 0.5) is 0 Å². The summed E-state index contributed by atoms with van der Waals surface area (Å²) in [6.45, 7) is 3.98. The molecule has 0 saturated heterocycles. The van der Waals surface area contributed by atoms with Crippen molar-refractivity contribution < 1.29 is 14.3 Å². The van der Waals surface area contributed by atoms with Crippen molar-refractivity contribution in [2.24, 2.45) is 0 Å². The number of rotatable bonds is 5. The second-order valence-electron chi connectivity index (χ2n) is 4.67. The van der Waals surface area contributed by atoms with E-state index >= 15 is 0 Å². The lowest BCUT2D eigenvalue weighted by atomic mass is 10.1. The zero-order valence-electron chi connectivity index (χ0n) is 12.0. The van der Waals surface area contributed by atoms with Gasteiger partial charge in [0.15, 0.2) is 5.78 Å². The minimum Gasteiger partial charge on any atom is -0.497 e. The van der Waals surface area contributed by atoms with Gasteiger partial charge in [0.25, 0.3) is 0 Å². The zero-order chi connectivity index (χ0) is 14.5. The molecule has 2 rings (SSSR count). The van der Waals surface area contributed by atoms with Crippen LogP contribution in [0.25, 0.3) is 0 Å². The lowest BCUT2D eigenvalue weighted by molar-refractivity contribution is 0.101. The van der Waals surface area contributed by atoms with Crippen LogP contribution in [0.1, 0.15) is 28.4 Å². The van der Waals surface area contributed by atoms with Crippen molar-refractivity contribution in [3.63, 3.8) is 0 Å². The average Bonchev–Trinajstić information content (AvgIpc) is 2.46. The number of Topliss-reactive ketones (excluding diaryl/α,β-unsaturated/α-hetero) is 1. The quantitative estimate of drug-likeness (QED) is 0.775. The molecule has 0 aliphatic carbocycles. The predicted molar refractivity (Wildman–Crippen MR) is 78.5 cm³/mol. The van der Waals surface area contributed by atoms with E-state index in [-0.39, 0.29) is 5.78 Å². The summed E-state index contributed by atoms with van der Waals surface area (Å²) in [4.78, 5) is 11.4. The van der Waals surface area contributed by atoms with Gasteiger partial charge in [-0.25, -0.2) is 0 Å². The molecule has 0 aliphatic heterocycles. The zero-order valence-corrected chi connectivity index (χ0v) is 12.0. The van der Waals surface area contributed by atoms with Gasteiger partial charge in [-0.15, -0.1) is 0 Å². The Hall–Kier alpha value is -2.29. The van der Waals surface area contributed by atoms with Gasteiger partial charge in [-0.1, -0.05) is 24.3 Å². The van der Waals surface area contributed by atoms with Crippen molar-refractivity contribution in [2.45, 2.75) is 20.5 Å². The molecule has 0 radical (unpaired) electrons. The maximum Gasteiger partial charge on any atom is 0.159 e. The van der Waals surface area contributed by atoms with E-state index in [0.29, 0.717) is 12.2 Å². The number of benzene rings is 2. The van der Waals surface area contributed by atoms with Crippen molar-refractivity contribution in [1.29, 1.82) is 0 Å². The summed E-state index contributed by atoms with van der Waals surface area (Å²) in [5.41, 5.74) is 2.74. The maximum atomic E-state index is 11.4. The third-order valence-corrected chi connectivity index (χ3v) is 3.15. The Kier molecular flexibility index (Phi) is 4.41. The smallest absolute Gasteiger partial charge is 0.159 e. The normalized spacial score (nSPS) is 10.2. The van der Waals surface area contributed by atoms with Gasteiger partial charge in [0.1, 0.15) is 18.1 Å². The van der Waals surface area contributed by atoms with Crippen LogP contribution in [0.5, 0.6) is 11.5 Å². The van der Waals surface area contributed by atoms with Gasteiger partial charge >= 0.3 is 0 Å². The van der Waals surface area contributed by atoms with E-state index in [9.17, 15) is 4.79 Å². The molecule has 20 heavy (non-hydrogen) atoms. The number of hydrogen-bond donors (Lipinski definition) is 0. The van der Waals surface area contributed by atoms with Crippen LogP contribution < -0.4 is 9.47 Å². The van der Waals surface area contributed by atoms with Crippen LogP contribution in [-0.4, -0.2) is 12.9 Å². The molecule has 104 valence electrons. The van der Waals surface area contributed by atoms with Gasteiger partial charge < -0.3 is 9.47 Å². The third kappa shape index (κ3) is 3.38. The van der Waals surface area contributed by atoms with Crippen LogP contribution in [0.15, 0.2) is 42.5 Å². The Balaban J connectivity index is 2.09. The first-order chi connectivity index (χ1) is 9.60. The molecule has 0 aromatic heterocycles. The number of hydrogen-bond acceptors (Lipinski definition) is 3.